The quantitative estimate of drug-likeness (QED) is 0.660. The molecule has 0 radical (unpaired) electrons. The Balaban J connectivity index is 2.39. The molecule has 3 nitrogen and oxygen atoms in total. The lowest BCUT2D eigenvalue weighted by Crippen LogP contribution is -2.25. The number of terminal acetylenes is 1. The molecule has 3 rings (SSSR count). The summed E-state index contributed by atoms with van der Waals surface area (Å²) in [7, 11) is 0. The molecule has 0 aliphatic heterocycles. The Hall–Kier alpha value is -2.38. The van der Waals surface area contributed by atoms with Gasteiger partial charge in [-0.1, -0.05) is 49.6 Å². The lowest BCUT2D eigenvalue weighted by Gasteiger charge is -2.13. The zero-order chi connectivity index (χ0) is 17.4. The van der Waals surface area contributed by atoms with E-state index < -0.39 is 0 Å². The van der Waals surface area contributed by atoms with Crippen molar-refractivity contribution in [3.8, 4) is 23.5 Å². The number of hydrogen-bond donors (Lipinski definition) is 0. The van der Waals surface area contributed by atoms with Gasteiger partial charge < -0.3 is 0 Å². The van der Waals surface area contributed by atoms with Crippen LogP contribution in [0.2, 0.25) is 0 Å². The SMILES string of the molecule is C#CCn1c(C(C)C)nc2sc(C)c(-c3ccc(C)cc3)c2c1=O. The average Bonchev–Trinajstić information content (AvgIpc) is 2.87. The van der Waals surface area contributed by atoms with Crippen molar-refractivity contribution in [3.63, 3.8) is 0 Å². The number of fused-ring (bicyclic) bond motifs is 1. The molecule has 0 unspecified atom stereocenters. The minimum absolute atomic E-state index is 0.0402. The number of aryl methyl sites for hydroxylation is 2. The van der Waals surface area contributed by atoms with Crippen LogP contribution in [0.25, 0.3) is 21.3 Å². The van der Waals surface area contributed by atoms with Crippen molar-refractivity contribution in [2.75, 3.05) is 0 Å². The van der Waals surface area contributed by atoms with E-state index in [9.17, 15) is 4.79 Å². The molecule has 2 heterocycles. The van der Waals surface area contributed by atoms with Gasteiger partial charge in [-0.15, -0.1) is 17.8 Å². The minimum Gasteiger partial charge on any atom is -0.284 e. The number of benzene rings is 1. The molecular formula is C20H20N2OS. The van der Waals surface area contributed by atoms with Crippen LogP contribution in [0.3, 0.4) is 0 Å². The molecule has 0 amide bonds. The van der Waals surface area contributed by atoms with Crippen LogP contribution in [-0.4, -0.2) is 9.55 Å². The Bertz CT molecular complexity index is 1000. The first kappa shape index (κ1) is 16.5. The molecule has 1 aromatic carbocycles. The highest BCUT2D eigenvalue weighted by molar-refractivity contribution is 7.19. The van der Waals surface area contributed by atoms with Crippen molar-refractivity contribution in [1.82, 2.24) is 9.55 Å². The number of hydrogen-bond acceptors (Lipinski definition) is 3. The second-order valence-corrected chi connectivity index (χ2v) is 7.50. The third kappa shape index (κ3) is 2.65. The average molecular weight is 336 g/mol. The van der Waals surface area contributed by atoms with E-state index >= 15 is 0 Å². The largest absolute Gasteiger partial charge is 0.284 e. The van der Waals surface area contributed by atoms with Crippen molar-refractivity contribution in [1.29, 1.82) is 0 Å². The Morgan fingerprint density at radius 3 is 2.50 bits per heavy atom. The van der Waals surface area contributed by atoms with Gasteiger partial charge in [0.15, 0.2) is 0 Å². The third-order valence-electron chi connectivity index (χ3n) is 4.12. The summed E-state index contributed by atoms with van der Waals surface area (Å²) in [6, 6.07) is 8.25. The van der Waals surface area contributed by atoms with Gasteiger partial charge in [0.1, 0.15) is 10.7 Å². The van der Waals surface area contributed by atoms with Gasteiger partial charge in [-0.05, 0) is 19.4 Å². The highest BCUT2D eigenvalue weighted by Gasteiger charge is 2.20. The highest BCUT2D eigenvalue weighted by atomic mass is 32.1. The van der Waals surface area contributed by atoms with E-state index in [4.69, 9.17) is 11.4 Å². The van der Waals surface area contributed by atoms with E-state index in [1.807, 2.05) is 20.8 Å². The molecule has 0 fully saturated rings. The molecule has 2 aromatic heterocycles. The summed E-state index contributed by atoms with van der Waals surface area (Å²) >= 11 is 1.57. The summed E-state index contributed by atoms with van der Waals surface area (Å²) in [5.41, 5.74) is 3.18. The maximum atomic E-state index is 13.2. The first-order valence-corrected chi connectivity index (χ1v) is 8.80. The molecular weight excluding hydrogens is 316 g/mol. The molecule has 0 saturated heterocycles. The fourth-order valence-electron chi connectivity index (χ4n) is 2.96. The van der Waals surface area contributed by atoms with Crippen LogP contribution in [0.5, 0.6) is 0 Å². The fraction of sp³-hybridized carbons (Fsp3) is 0.300. The number of aromatic nitrogens is 2. The molecule has 0 aliphatic carbocycles. The second kappa shape index (κ2) is 6.26. The predicted molar refractivity (Wildman–Crippen MR) is 102 cm³/mol. The van der Waals surface area contributed by atoms with Gasteiger partial charge >= 0.3 is 0 Å². The van der Waals surface area contributed by atoms with Crippen LogP contribution in [0.15, 0.2) is 29.1 Å². The van der Waals surface area contributed by atoms with E-state index in [-0.39, 0.29) is 18.0 Å². The number of thiophene rings is 1. The lowest BCUT2D eigenvalue weighted by molar-refractivity contribution is 0.651. The Morgan fingerprint density at radius 1 is 1.25 bits per heavy atom. The van der Waals surface area contributed by atoms with Crippen LogP contribution in [-0.2, 0) is 6.54 Å². The summed E-state index contributed by atoms with van der Waals surface area (Å²) in [5, 5.41) is 0.681. The smallest absolute Gasteiger partial charge is 0.263 e. The molecule has 122 valence electrons. The van der Waals surface area contributed by atoms with E-state index in [1.54, 1.807) is 15.9 Å². The summed E-state index contributed by atoms with van der Waals surface area (Å²) < 4.78 is 1.64. The van der Waals surface area contributed by atoms with Crippen molar-refractivity contribution in [2.45, 2.75) is 40.2 Å². The molecule has 0 N–H and O–H groups in total. The second-order valence-electron chi connectivity index (χ2n) is 6.30. The molecule has 0 saturated carbocycles. The Labute approximate surface area is 146 Å². The summed E-state index contributed by atoms with van der Waals surface area (Å²) in [6.07, 6.45) is 5.48. The van der Waals surface area contributed by atoms with Crippen molar-refractivity contribution in [2.24, 2.45) is 0 Å². The Kier molecular flexibility index (Phi) is 4.29. The van der Waals surface area contributed by atoms with E-state index in [0.29, 0.717) is 5.39 Å². The van der Waals surface area contributed by atoms with Gasteiger partial charge in [0.05, 0.1) is 11.9 Å². The van der Waals surface area contributed by atoms with Crippen LogP contribution in [0.1, 0.15) is 36.0 Å². The van der Waals surface area contributed by atoms with Gasteiger partial charge in [0.25, 0.3) is 5.56 Å². The van der Waals surface area contributed by atoms with Crippen LogP contribution < -0.4 is 5.56 Å². The normalized spacial score (nSPS) is 11.2. The number of rotatable bonds is 3. The lowest BCUT2D eigenvalue weighted by atomic mass is 10.0. The molecule has 0 aliphatic rings. The molecule has 24 heavy (non-hydrogen) atoms. The van der Waals surface area contributed by atoms with Gasteiger partial charge in [0.2, 0.25) is 0 Å². The van der Waals surface area contributed by atoms with Gasteiger partial charge in [0, 0.05) is 16.4 Å². The van der Waals surface area contributed by atoms with Gasteiger partial charge in [-0.25, -0.2) is 4.98 Å². The third-order valence-corrected chi connectivity index (χ3v) is 5.12. The maximum absolute atomic E-state index is 13.2. The van der Waals surface area contributed by atoms with Gasteiger partial charge in [-0.3, -0.25) is 9.36 Å². The monoisotopic (exact) mass is 336 g/mol. The van der Waals surface area contributed by atoms with Crippen LogP contribution in [0.4, 0.5) is 0 Å². The fourth-order valence-corrected chi connectivity index (χ4v) is 4.01. The molecule has 0 spiro atoms. The Morgan fingerprint density at radius 2 is 1.92 bits per heavy atom. The first-order chi connectivity index (χ1) is 11.4. The standard InChI is InChI=1S/C20H20N2OS/c1-6-11-22-18(12(2)3)21-19-17(20(22)23)16(14(5)24-19)15-9-7-13(4)8-10-15/h1,7-10,12H,11H2,2-5H3. The topological polar surface area (TPSA) is 34.9 Å². The molecule has 3 aromatic rings. The van der Waals surface area contributed by atoms with E-state index in [2.05, 4.69) is 37.1 Å². The highest BCUT2D eigenvalue weighted by Crippen LogP contribution is 2.36. The van der Waals surface area contributed by atoms with Gasteiger partial charge in [-0.2, -0.15) is 0 Å². The zero-order valence-electron chi connectivity index (χ0n) is 14.4. The molecule has 0 atom stereocenters. The van der Waals surface area contributed by atoms with E-state index in [1.165, 1.54) is 5.56 Å². The predicted octanol–water partition coefficient (Wildman–Crippen LogP) is 4.50. The summed E-state index contributed by atoms with van der Waals surface area (Å²) in [6.45, 7) is 8.40. The van der Waals surface area contributed by atoms with Crippen LogP contribution >= 0.6 is 11.3 Å². The van der Waals surface area contributed by atoms with Crippen LogP contribution in [0, 0.1) is 26.2 Å². The molecule has 4 heteroatoms. The summed E-state index contributed by atoms with van der Waals surface area (Å²) in [4.78, 5) is 19.8. The van der Waals surface area contributed by atoms with E-state index in [0.717, 1.165) is 26.7 Å². The summed E-state index contributed by atoms with van der Waals surface area (Å²) in [5.74, 6) is 3.48. The van der Waals surface area contributed by atoms with Crippen molar-refractivity contribution < 1.29 is 0 Å². The van der Waals surface area contributed by atoms with Crippen molar-refractivity contribution in [3.05, 3.63) is 50.9 Å². The molecule has 0 bridgehead atoms. The maximum Gasteiger partial charge on any atom is 0.263 e. The number of nitrogens with zero attached hydrogens (tertiary/aromatic N) is 2. The van der Waals surface area contributed by atoms with Crippen molar-refractivity contribution >= 4 is 21.6 Å². The zero-order valence-corrected chi connectivity index (χ0v) is 15.2. The minimum atomic E-state index is -0.0402. The first-order valence-electron chi connectivity index (χ1n) is 7.98.